The number of fused-ring (bicyclic) bond motifs is 3. The van der Waals surface area contributed by atoms with Gasteiger partial charge < -0.3 is 0 Å². The molecule has 130 valence electrons. The van der Waals surface area contributed by atoms with E-state index in [0.29, 0.717) is 0 Å². The van der Waals surface area contributed by atoms with Crippen LogP contribution in [0.25, 0.3) is 0 Å². The van der Waals surface area contributed by atoms with Crippen molar-refractivity contribution in [3.8, 4) is 6.07 Å². The average molecular weight is 316 g/mol. The fourth-order valence-electron chi connectivity index (χ4n) is 6.59. The fourth-order valence-corrected chi connectivity index (χ4v) is 6.59. The first-order chi connectivity index (χ1) is 11.2. The minimum atomic E-state index is 0.0451. The van der Waals surface area contributed by atoms with E-state index in [2.05, 4.69) is 19.9 Å². The molecule has 0 aromatic carbocycles. The molecule has 0 saturated heterocycles. The predicted molar refractivity (Wildman–Crippen MR) is 96.9 cm³/mol. The molecule has 0 aromatic heterocycles. The van der Waals surface area contributed by atoms with Gasteiger partial charge in [0.05, 0.1) is 11.5 Å². The molecule has 0 N–H and O–H groups in total. The Hall–Kier alpha value is -0.510. The molecule has 0 radical (unpaired) electrons. The number of hydrogen-bond donors (Lipinski definition) is 0. The van der Waals surface area contributed by atoms with Gasteiger partial charge in [-0.05, 0) is 81.0 Å². The molecule has 3 fully saturated rings. The van der Waals surface area contributed by atoms with Gasteiger partial charge in [-0.3, -0.25) is 0 Å². The second-order valence-corrected chi connectivity index (χ2v) is 9.13. The second kappa shape index (κ2) is 7.58. The topological polar surface area (TPSA) is 23.8 Å². The summed E-state index contributed by atoms with van der Waals surface area (Å²) in [4.78, 5) is 0. The van der Waals surface area contributed by atoms with Crippen molar-refractivity contribution >= 4 is 0 Å². The van der Waals surface area contributed by atoms with E-state index < -0.39 is 0 Å². The first-order valence-electron chi connectivity index (χ1n) is 10.6. The second-order valence-electron chi connectivity index (χ2n) is 9.13. The summed E-state index contributed by atoms with van der Waals surface area (Å²) in [5.74, 6) is 4.93. The van der Waals surface area contributed by atoms with E-state index in [0.717, 1.165) is 36.0 Å². The van der Waals surface area contributed by atoms with Crippen LogP contribution in [0.3, 0.4) is 0 Å². The normalized spacial score (nSPS) is 43.3. The minimum Gasteiger partial charge on any atom is -0.198 e. The SMILES string of the molecule is CCCC[C@]1(C#N)CCC2C(CCC3C[C@H](CCC)CCC32)C1. The Bertz CT molecular complexity index is 422. The van der Waals surface area contributed by atoms with E-state index in [9.17, 15) is 5.26 Å². The Balaban J connectivity index is 1.62. The Morgan fingerprint density at radius 3 is 2.48 bits per heavy atom. The van der Waals surface area contributed by atoms with Crippen molar-refractivity contribution in [3.05, 3.63) is 0 Å². The summed E-state index contributed by atoms with van der Waals surface area (Å²) in [7, 11) is 0. The van der Waals surface area contributed by atoms with Crippen LogP contribution in [0.4, 0.5) is 0 Å². The molecule has 0 aliphatic heterocycles. The molecule has 1 heteroatoms. The van der Waals surface area contributed by atoms with Crippen LogP contribution in [0.5, 0.6) is 0 Å². The highest BCUT2D eigenvalue weighted by Gasteiger charge is 2.48. The van der Waals surface area contributed by atoms with Crippen LogP contribution in [-0.2, 0) is 0 Å². The lowest BCUT2D eigenvalue weighted by molar-refractivity contribution is -0.0179. The van der Waals surface area contributed by atoms with Crippen molar-refractivity contribution in [2.24, 2.45) is 35.0 Å². The van der Waals surface area contributed by atoms with E-state index >= 15 is 0 Å². The smallest absolute Gasteiger partial charge is 0.0689 e. The van der Waals surface area contributed by atoms with Crippen LogP contribution in [0.1, 0.15) is 97.3 Å². The summed E-state index contributed by atoms with van der Waals surface area (Å²) in [5.41, 5.74) is 0.0451. The van der Waals surface area contributed by atoms with Crippen molar-refractivity contribution in [2.45, 2.75) is 97.3 Å². The minimum absolute atomic E-state index is 0.0451. The third kappa shape index (κ3) is 3.62. The highest BCUT2D eigenvalue weighted by atomic mass is 14.5. The monoisotopic (exact) mass is 315 g/mol. The van der Waals surface area contributed by atoms with Gasteiger partial charge in [-0.15, -0.1) is 0 Å². The molecule has 3 saturated carbocycles. The quantitative estimate of drug-likeness (QED) is 0.551. The largest absolute Gasteiger partial charge is 0.198 e. The zero-order valence-electron chi connectivity index (χ0n) is 15.5. The average Bonchev–Trinajstić information content (AvgIpc) is 2.59. The van der Waals surface area contributed by atoms with Crippen molar-refractivity contribution in [1.82, 2.24) is 0 Å². The fraction of sp³-hybridized carbons (Fsp3) is 0.955. The Labute approximate surface area is 144 Å². The molecule has 3 aliphatic carbocycles. The molecule has 0 bridgehead atoms. The van der Waals surface area contributed by atoms with E-state index in [1.807, 2.05) is 0 Å². The summed E-state index contributed by atoms with van der Waals surface area (Å²) >= 11 is 0. The molecule has 4 unspecified atom stereocenters. The molecule has 23 heavy (non-hydrogen) atoms. The molecule has 0 heterocycles. The van der Waals surface area contributed by atoms with Gasteiger partial charge in [-0.2, -0.15) is 5.26 Å². The Morgan fingerprint density at radius 1 is 0.957 bits per heavy atom. The van der Waals surface area contributed by atoms with Crippen molar-refractivity contribution in [2.75, 3.05) is 0 Å². The maximum atomic E-state index is 9.83. The molecule has 0 aromatic rings. The molecule has 1 nitrogen and oxygen atoms in total. The third-order valence-corrected chi connectivity index (χ3v) is 7.77. The van der Waals surface area contributed by atoms with Crippen molar-refractivity contribution in [3.63, 3.8) is 0 Å². The van der Waals surface area contributed by atoms with E-state index in [1.54, 1.807) is 0 Å². The zero-order valence-corrected chi connectivity index (χ0v) is 15.5. The van der Waals surface area contributed by atoms with Gasteiger partial charge in [0.1, 0.15) is 0 Å². The number of hydrogen-bond acceptors (Lipinski definition) is 1. The van der Waals surface area contributed by atoms with Gasteiger partial charge in [-0.1, -0.05) is 46.0 Å². The molecule has 6 atom stereocenters. The molecule has 3 aliphatic rings. The molecule has 0 spiro atoms. The van der Waals surface area contributed by atoms with Crippen LogP contribution >= 0.6 is 0 Å². The van der Waals surface area contributed by atoms with Crippen LogP contribution in [0.15, 0.2) is 0 Å². The van der Waals surface area contributed by atoms with Gasteiger partial charge in [0.25, 0.3) is 0 Å². The lowest BCUT2D eigenvalue weighted by atomic mass is 9.52. The van der Waals surface area contributed by atoms with Gasteiger partial charge in [-0.25, -0.2) is 0 Å². The summed E-state index contributed by atoms with van der Waals surface area (Å²) in [6.45, 7) is 4.61. The van der Waals surface area contributed by atoms with E-state index in [4.69, 9.17) is 0 Å². The summed E-state index contributed by atoms with van der Waals surface area (Å²) in [5, 5.41) is 9.83. The molecular weight excluding hydrogens is 278 g/mol. The highest BCUT2D eigenvalue weighted by Crippen LogP contribution is 2.57. The third-order valence-electron chi connectivity index (χ3n) is 7.77. The number of nitrogens with zero attached hydrogens (tertiary/aromatic N) is 1. The van der Waals surface area contributed by atoms with Gasteiger partial charge >= 0.3 is 0 Å². The zero-order chi connectivity index (χ0) is 16.3. The lowest BCUT2D eigenvalue weighted by Gasteiger charge is -2.52. The van der Waals surface area contributed by atoms with Crippen molar-refractivity contribution in [1.29, 1.82) is 5.26 Å². The summed E-state index contributed by atoms with van der Waals surface area (Å²) in [6.07, 6.45) is 17.7. The standard InChI is InChI=1S/C22H37N/c1-3-5-12-22(16-23)13-11-21-19(15-22)9-8-18-14-17(6-4-2)7-10-20(18)21/h17-21H,3-15H2,1-2H3/t17-,18?,19?,20?,21?,22+/m1/s1. The number of rotatable bonds is 5. The Morgan fingerprint density at radius 2 is 1.74 bits per heavy atom. The highest BCUT2D eigenvalue weighted by molar-refractivity contribution is 5.06. The van der Waals surface area contributed by atoms with Crippen LogP contribution in [-0.4, -0.2) is 0 Å². The first-order valence-corrected chi connectivity index (χ1v) is 10.6. The Kier molecular flexibility index (Phi) is 5.71. The van der Waals surface area contributed by atoms with E-state index in [-0.39, 0.29) is 5.41 Å². The predicted octanol–water partition coefficient (Wildman–Crippen LogP) is 6.73. The molecule has 0 amide bonds. The van der Waals surface area contributed by atoms with Gasteiger partial charge in [0.15, 0.2) is 0 Å². The maximum Gasteiger partial charge on any atom is 0.0689 e. The van der Waals surface area contributed by atoms with Gasteiger partial charge in [0.2, 0.25) is 0 Å². The number of nitriles is 1. The van der Waals surface area contributed by atoms with Crippen LogP contribution in [0, 0.1) is 46.3 Å². The summed E-state index contributed by atoms with van der Waals surface area (Å²) < 4.78 is 0. The summed E-state index contributed by atoms with van der Waals surface area (Å²) in [6, 6.07) is 2.78. The number of unbranched alkanes of at least 4 members (excludes halogenated alkanes) is 1. The van der Waals surface area contributed by atoms with Gasteiger partial charge in [0, 0.05) is 0 Å². The molecule has 3 rings (SSSR count). The van der Waals surface area contributed by atoms with Crippen molar-refractivity contribution < 1.29 is 0 Å². The molecular formula is C22H37N. The first kappa shape index (κ1) is 17.3. The maximum absolute atomic E-state index is 9.83. The van der Waals surface area contributed by atoms with Crippen LogP contribution in [0.2, 0.25) is 0 Å². The lowest BCUT2D eigenvalue weighted by Crippen LogP contribution is -2.44. The van der Waals surface area contributed by atoms with E-state index in [1.165, 1.54) is 77.0 Å². The van der Waals surface area contributed by atoms with Crippen LogP contribution < -0.4 is 0 Å².